The summed E-state index contributed by atoms with van der Waals surface area (Å²) in [7, 11) is 0. The van der Waals surface area contributed by atoms with Crippen molar-refractivity contribution in [3.63, 3.8) is 0 Å². The Morgan fingerprint density at radius 3 is 2.81 bits per heavy atom. The molecule has 1 fully saturated rings. The highest BCUT2D eigenvalue weighted by Crippen LogP contribution is 2.31. The Morgan fingerprint density at radius 2 is 2.29 bits per heavy atom. The second kappa shape index (κ2) is 5.76. The number of pyridine rings is 1. The average Bonchev–Trinajstić information content (AvgIpc) is 2.74. The van der Waals surface area contributed by atoms with E-state index in [1.165, 1.54) is 18.3 Å². The molecular formula is C11H10ClF3N4O2. The molecule has 0 unspecified atom stereocenters. The predicted molar refractivity (Wildman–Crippen MR) is 67.7 cm³/mol. The molecule has 1 aromatic rings. The van der Waals surface area contributed by atoms with E-state index >= 15 is 0 Å². The fourth-order valence-corrected chi connectivity index (χ4v) is 2.10. The van der Waals surface area contributed by atoms with Gasteiger partial charge in [-0.3, -0.25) is 10.1 Å². The van der Waals surface area contributed by atoms with E-state index in [4.69, 9.17) is 11.6 Å². The molecule has 114 valence electrons. The fraction of sp³-hybridized carbons (Fsp3) is 0.364. The molecule has 0 saturated carbocycles. The van der Waals surface area contributed by atoms with Crippen LogP contribution in [0.1, 0.15) is 5.56 Å². The summed E-state index contributed by atoms with van der Waals surface area (Å²) < 4.78 is 38.9. The van der Waals surface area contributed by atoms with Crippen LogP contribution in [0.5, 0.6) is 0 Å². The van der Waals surface area contributed by atoms with Crippen molar-refractivity contribution in [3.05, 3.63) is 51.2 Å². The number of nitrogens with zero attached hydrogens (tertiary/aromatic N) is 3. The first-order valence-electron chi connectivity index (χ1n) is 5.80. The quantitative estimate of drug-likeness (QED) is 0.524. The minimum atomic E-state index is -4.50. The molecule has 1 aromatic heterocycles. The summed E-state index contributed by atoms with van der Waals surface area (Å²) in [5, 5.41) is 13.1. The largest absolute Gasteiger partial charge is 0.410 e. The number of nitrogens with one attached hydrogen (secondary N) is 1. The molecule has 0 aliphatic carbocycles. The molecule has 21 heavy (non-hydrogen) atoms. The minimum Gasteiger partial charge on any atom is -0.364 e. The first-order valence-corrected chi connectivity index (χ1v) is 6.18. The van der Waals surface area contributed by atoms with Crippen molar-refractivity contribution < 1.29 is 18.1 Å². The van der Waals surface area contributed by atoms with Crippen LogP contribution in [0.15, 0.2) is 30.4 Å². The summed E-state index contributed by atoms with van der Waals surface area (Å²) in [4.78, 5) is 14.4. The molecule has 0 amide bonds. The van der Waals surface area contributed by atoms with Gasteiger partial charge in [0, 0.05) is 19.3 Å². The number of hydrogen-bond donors (Lipinski definition) is 1. The smallest absolute Gasteiger partial charge is 0.364 e. The van der Waals surface area contributed by atoms with Gasteiger partial charge in [-0.1, -0.05) is 17.7 Å². The molecule has 1 aliphatic heterocycles. The molecule has 1 atom stereocenters. The van der Waals surface area contributed by atoms with Gasteiger partial charge in [-0.2, -0.15) is 13.2 Å². The Bertz CT molecular complexity index is 562. The van der Waals surface area contributed by atoms with Crippen molar-refractivity contribution in [1.82, 2.24) is 15.2 Å². The number of aromatic nitrogens is 1. The van der Waals surface area contributed by atoms with Crippen molar-refractivity contribution in [2.24, 2.45) is 0 Å². The molecule has 0 aromatic carbocycles. The van der Waals surface area contributed by atoms with Crippen molar-refractivity contribution in [1.29, 1.82) is 0 Å². The van der Waals surface area contributed by atoms with E-state index in [0.29, 0.717) is 11.8 Å². The third kappa shape index (κ3) is 3.75. The van der Waals surface area contributed by atoms with Gasteiger partial charge in [0.15, 0.2) is 5.82 Å². The van der Waals surface area contributed by atoms with Crippen LogP contribution in [0, 0.1) is 10.1 Å². The lowest BCUT2D eigenvalue weighted by molar-refractivity contribution is -0.404. The Morgan fingerprint density at radius 1 is 1.57 bits per heavy atom. The zero-order chi connectivity index (χ0) is 15.6. The van der Waals surface area contributed by atoms with E-state index in [9.17, 15) is 23.3 Å². The molecule has 0 spiro atoms. The normalized spacial score (nSPS) is 20.7. The number of halogens is 4. The molecular weight excluding hydrogens is 313 g/mol. The van der Waals surface area contributed by atoms with E-state index in [1.54, 1.807) is 0 Å². The minimum absolute atomic E-state index is 0.166. The summed E-state index contributed by atoms with van der Waals surface area (Å²) >= 11 is 5.61. The zero-order valence-corrected chi connectivity index (χ0v) is 11.2. The predicted octanol–water partition coefficient (Wildman–Crippen LogP) is 2.15. The standard InChI is InChI=1S/C11H10ClF3N4O2/c12-9-2-1-7(3-16-9)5-18-8(11(13,14)15)4-17-10(18)6-19(20)21/h1-3,6,8,17H,4-5H2/b10-6+/t8-/m0/s1. The number of nitro groups is 1. The fourth-order valence-electron chi connectivity index (χ4n) is 1.98. The maximum absolute atomic E-state index is 13.0. The Balaban J connectivity index is 2.27. The second-order valence-corrected chi connectivity index (χ2v) is 4.74. The van der Waals surface area contributed by atoms with Crippen LogP contribution in [-0.4, -0.2) is 33.6 Å². The summed E-state index contributed by atoms with van der Waals surface area (Å²) in [6.45, 7) is -0.606. The maximum Gasteiger partial charge on any atom is 0.410 e. The lowest BCUT2D eigenvalue weighted by Crippen LogP contribution is -2.42. The van der Waals surface area contributed by atoms with Crippen LogP contribution in [0.2, 0.25) is 5.15 Å². The lowest BCUT2D eigenvalue weighted by Gasteiger charge is -2.26. The molecule has 6 nitrogen and oxygen atoms in total. The SMILES string of the molecule is O=[N+]([O-])/C=C1\NC[C@@H](C(F)(F)F)N1Cc1ccc(Cl)nc1. The van der Waals surface area contributed by atoms with E-state index in [2.05, 4.69) is 10.3 Å². The average molecular weight is 323 g/mol. The maximum atomic E-state index is 13.0. The molecule has 1 aliphatic rings. The van der Waals surface area contributed by atoms with Gasteiger partial charge in [-0.25, -0.2) is 4.98 Å². The Labute approximate surface area is 122 Å². The summed E-state index contributed by atoms with van der Waals surface area (Å²) in [5.74, 6) is -0.183. The van der Waals surface area contributed by atoms with Gasteiger partial charge in [0.25, 0.3) is 6.20 Å². The number of rotatable bonds is 3. The van der Waals surface area contributed by atoms with Crippen LogP contribution in [0.3, 0.4) is 0 Å². The highest BCUT2D eigenvalue weighted by atomic mass is 35.5. The molecule has 1 saturated heterocycles. The van der Waals surface area contributed by atoms with Gasteiger partial charge in [0.2, 0.25) is 0 Å². The highest BCUT2D eigenvalue weighted by molar-refractivity contribution is 6.29. The Kier molecular flexibility index (Phi) is 4.21. The topological polar surface area (TPSA) is 71.3 Å². The molecule has 1 N–H and O–H groups in total. The van der Waals surface area contributed by atoms with Gasteiger partial charge >= 0.3 is 6.18 Å². The summed E-state index contributed by atoms with van der Waals surface area (Å²) in [6.07, 6.45) is -2.65. The third-order valence-electron chi connectivity index (χ3n) is 2.91. The van der Waals surface area contributed by atoms with Crippen molar-refractivity contribution in [2.45, 2.75) is 18.8 Å². The summed E-state index contributed by atoms with van der Waals surface area (Å²) in [6, 6.07) is 1.13. The molecule has 0 radical (unpaired) electrons. The second-order valence-electron chi connectivity index (χ2n) is 4.36. The van der Waals surface area contributed by atoms with Crippen molar-refractivity contribution in [2.75, 3.05) is 6.54 Å². The van der Waals surface area contributed by atoms with Crippen LogP contribution in [0.4, 0.5) is 13.2 Å². The van der Waals surface area contributed by atoms with Gasteiger partial charge in [0.05, 0.1) is 4.92 Å². The van der Waals surface area contributed by atoms with E-state index in [-0.39, 0.29) is 17.5 Å². The van der Waals surface area contributed by atoms with Crippen LogP contribution < -0.4 is 5.32 Å². The molecule has 0 bridgehead atoms. The van der Waals surface area contributed by atoms with Gasteiger partial charge in [-0.15, -0.1) is 0 Å². The van der Waals surface area contributed by atoms with E-state index in [1.807, 2.05) is 0 Å². The first-order chi connectivity index (χ1) is 9.77. The van der Waals surface area contributed by atoms with E-state index < -0.39 is 23.7 Å². The van der Waals surface area contributed by atoms with Crippen molar-refractivity contribution >= 4 is 11.6 Å². The van der Waals surface area contributed by atoms with Crippen LogP contribution in [0.25, 0.3) is 0 Å². The van der Waals surface area contributed by atoms with Crippen molar-refractivity contribution in [3.8, 4) is 0 Å². The molecule has 2 heterocycles. The Hall–Kier alpha value is -2.03. The third-order valence-corrected chi connectivity index (χ3v) is 3.13. The highest BCUT2D eigenvalue weighted by Gasteiger charge is 2.48. The summed E-state index contributed by atoms with van der Waals surface area (Å²) in [5.41, 5.74) is 0.464. The van der Waals surface area contributed by atoms with E-state index in [0.717, 1.165) is 4.90 Å². The number of hydrogen-bond acceptors (Lipinski definition) is 5. The first kappa shape index (κ1) is 15.4. The molecule has 10 heteroatoms. The number of alkyl halides is 3. The monoisotopic (exact) mass is 322 g/mol. The van der Waals surface area contributed by atoms with Crippen LogP contribution >= 0.6 is 11.6 Å². The van der Waals surface area contributed by atoms with Gasteiger partial charge < -0.3 is 10.2 Å². The zero-order valence-electron chi connectivity index (χ0n) is 10.5. The van der Waals surface area contributed by atoms with Gasteiger partial charge in [-0.05, 0) is 11.6 Å². The lowest BCUT2D eigenvalue weighted by atomic mass is 10.2. The van der Waals surface area contributed by atoms with Crippen LogP contribution in [-0.2, 0) is 6.54 Å². The molecule has 2 rings (SSSR count). The van der Waals surface area contributed by atoms with Gasteiger partial charge in [0.1, 0.15) is 11.2 Å².